The van der Waals surface area contributed by atoms with Crippen molar-refractivity contribution in [1.29, 1.82) is 0 Å². The molecule has 2 heterocycles. The van der Waals surface area contributed by atoms with Crippen LogP contribution in [0, 0.1) is 11.2 Å². The summed E-state index contributed by atoms with van der Waals surface area (Å²) in [7, 11) is 1.58. The first-order valence-corrected chi connectivity index (χ1v) is 13.4. The average Bonchev–Trinajstić information content (AvgIpc) is 3.54. The molecule has 2 aliphatic rings. The molecule has 1 saturated heterocycles. The lowest BCUT2D eigenvalue weighted by Crippen LogP contribution is -2.22. The van der Waals surface area contributed by atoms with E-state index < -0.39 is 11.4 Å². The molecular weight excluding hydrogens is 535 g/mol. The lowest BCUT2D eigenvalue weighted by molar-refractivity contribution is -0.111. The van der Waals surface area contributed by atoms with Crippen molar-refractivity contribution >= 4 is 52.0 Å². The van der Waals surface area contributed by atoms with Crippen molar-refractivity contribution in [2.45, 2.75) is 38.7 Å². The van der Waals surface area contributed by atoms with E-state index in [0.29, 0.717) is 39.6 Å². The standard InChI is InChI=1S/C29H32ClFN6O3/c1-5-26(38)34-21-14-22(24(40-4)15-23(21)37-11-9-29(16-37)7-8-29)35-27-32-10-6-25(36-27)33-20-13-18(30)19(31)12-17(20)28(2,3)39/h5-6,10,12-15,39H,1,7-9,11,16H2,2-4H3,(H,34,38)(H2,32,33,35,36). The summed E-state index contributed by atoms with van der Waals surface area (Å²) in [4.78, 5) is 23.4. The Bertz CT molecular complexity index is 1470. The summed E-state index contributed by atoms with van der Waals surface area (Å²) in [5.41, 5.74) is 1.82. The number of anilines is 6. The number of nitrogens with one attached hydrogen (secondary N) is 3. The lowest BCUT2D eigenvalue weighted by Gasteiger charge is -2.24. The van der Waals surface area contributed by atoms with E-state index in [0.717, 1.165) is 25.2 Å². The van der Waals surface area contributed by atoms with Gasteiger partial charge in [-0.1, -0.05) is 18.2 Å². The second-order valence-corrected chi connectivity index (χ2v) is 11.2. The van der Waals surface area contributed by atoms with Gasteiger partial charge < -0.3 is 30.7 Å². The van der Waals surface area contributed by atoms with Crippen LogP contribution in [0.2, 0.25) is 5.02 Å². The van der Waals surface area contributed by atoms with Crippen molar-refractivity contribution in [2.24, 2.45) is 5.41 Å². The maximum Gasteiger partial charge on any atom is 0.247 e. The zero-order valence-electron chi connectivity index (χ0n) is 22.6. The summed E-state index contributed by atoms with van der Waals surface area (Å²) in [6.07, 6.45) is 6.38. The van der Waals surface area contributed by atoms with Crippen LogP contribution in [0.15, 0.2) is 49.2 Å². The normalized spacial score (nSPS) is 15.6. The van der Waals surface area contributed by atoms with Crippen LogP contribution in [0.5, 0.6) is 5.75 Å². The molecule has 1 aliphatic carbocycles. The van der Waals surface area contributed by atoms with Crippen LogP contribution < -0.4 is 25.6 Å². The molecular formula is C29H32ClFN6O3. The van der Waals surface area contributed by atoms with Gasteiger partial charge >= 0.3 is 0 Å². The van der Waals surface area contributed by atoms with Crippen LogP contribution in [0.25, 0.3) is 0 Å². The smallest absolute Gasteiger partial charge is 0.247 e. The van der Waals surface area contributed by atoms with Crippen LogP contribution in [0.3, 0.4) is 0 Å². The average molecular weight is 567 g/mol. The summed E-state index contributed by atoms with van der Waals surface area (Å²) in [5, 5.41) is 19.7. The number of nitrogens with zero attached hydrogens (tertiary/aromatic N) is 3. The number of amides is 1. The van der Waals surface area contributed by atoms with Gasteiger partial charge in [0, 0.05) is 36.6 Å². The molecule has 0 unspecified atom stereocenters. The van der Waals surface area contributed by atoms with E-state index in [2.05, 4.69) is 37.4 Å². The van der Waals surface area contributed by atoms with E-state index in [4.69, 9.17) is 16.3 Å². The van der Waals surface area contributed by atoms with Crippen LogP contribution in [0.4, 0.5) is 38.9 Å². The van der Waals surface area contributed by atoms with Crippen molar-refractivity contribution in [1.82, 2.24) is 9.97 Å². The minimum Gasteiger partial charge on any atom is -0.494 e. The highest BCUT2D eigenvalue weighted by Gasteiger charge is 2.48. The number of halogens is 2. The number of methoxy groups -OCH3 is 1. The zero-order chi connectivity index (χ0) is 28.7. The van der Waals surface area contributed by atoms with Crippen molar-refractivity contribution in [3.05, 3.63) is 65.6 Å². The molecule has 0 atom stereocenters. The SMILES string of the molecule is C=CC(=O)Nc1cc(Nc2nccc(Nc3cc(Cl)c(F)cc3C(C)(C)O)n2)c(OC)cc1N1CCC2(CC2)C1. The molecule has 1 amide bonds. The Morgan fingerprint density at radius 3 is 2.62 bits per heavy atom. The van der Waals surface area contributed by atoms with Gasteiger partial charge in [-0.25, -0.2) is 9.37 Å². The number of carbonyl (C=O) groups excluding carboxylic acids is 1. The molecule has 210 valence electrons. The van der Waals surface area contributed by atoms with Crippen molar-refractivity contribution in [3.63, 3.8) is 0 Å². The van der Waals surface area contributed by atoms with E-state index >= 15 is 0 Å². The van der Waals surface area contributed by atoms with E-state index in [1.165, 1.54) is 31.1 Å². The third-order valence-electron chi connectivity index (χ3n) is 7.38. The molecule has 2 fully saturated rings. The second-order valence-electron chi connectivity index (χ2n) is 10.8. The first-order chi connectivity index (χ1) is 19.0. The fourth-order valence-electron chi connectivity index (χ4n) is 5.01. The molecule has 40 heavy (non-hydrogen) atoms. The Hall–Kier alpha value is -3.89. The Balaban J connectivity index is 1.45. The fourth-order valence-corrected chi connectivity index (χ4v) is 5.17. The molecule has 1 saturated carbocycles. The summed E-state index contributed by atoms with van der Waals surface area (Å²) < 4.78 is 19.9. The molecule has 9 nitrogen and oxygen atoms in total. The Morgan fingerprint density at radius 1 is 1.20 bits per heavy atom. The Morgan fingerprint density at radius 2 is 1.98 bits per heavy atom. The maximum absolute atomic E-state index is 14.2. The zero-order valence-corrected chi connectivity index (χ0v) is 23.4. The van der Waals surface area contributed by atoms with Gasteiger partial charge in [0.2, 0.25) is 11.9 Å². The molecule has 3 aromatic rings. The number of carbonyl (C=O) groups is 1. The first kappa shape index (κ1) is 27.7. The topological polar surface area (TPSA) is 112 Å². The van der Waals surface area contributed by atoms with Gasteiger partial charge in [-0.05, 0) is 68.9 Å². The number of rotatable bonds is 9. The molecule has 4 N–H and O–H groups in total. The van der Waals surface area contributed by atoms with Crippen molar-refractivity contribution < 1.29 is 19.0 Å². The number of aliphatic hydroxyl groups is 1. The summed E-state index contributed by atoms with van der Waals surface area (Å²) >= 11 is 6.02. The number of benzene rings is 2. The molecule has 1 aromatic heterocycles. The van der Waals surface area contributed by atoms with Gasteiger partial charge in [-0.15, -0.1) is 0 Å². The predicted molar refractivity (Wildman–Crippen MR) is 156 cm³/mol. The summed E-state index contributed by atoms with van der Waals surface area (Å²) in [6, 6.07) is 7.93. The fraction of sp³-hybridized carbons (Fsp3) is 0.345. The third-order valence-corrected chi connectivity index (χ3v) is 7.67. The van der Waals surface area contributed by atoms with Crippen LogP contribution in [0.1, 0.15) is 38.7 Å². The maximum atomic E-state index is 14.2. The van der Waals surface area contributed by atoms with E-state index in [-0.39, 0.29) is 16.9 Å². The lowest BCUT2D eigenvalue weighted by atomic mass is 9.96. The highest BCUT2D eigenvalue weighted by molar-refractivity contribution is 6.31. The summed E-state index contributed by atoms with van der Waals surface area (Å²) in [6.45, 7) is 8.54. The summed E-state index contributed by atoms with van der Waals surface area (Å²) in [5.74, 6) is 0.229. The number of aromatic nitrogens is 2. The second kappa shape index (κ2) is 10.6. The van der Waals surface area contributed by atoms with Gasteiger partial charge in [-0.2, -0.15) is 4.98 Å². The Kier molecular flexibility index (Phi) is 7.32. The van der Waals surface area contributed by atoms with Gasteiger partial charge in [0.15, 0.2) is 0 Å². The molecule has 5 rings (SSSR count). The highest BCUT2D eigenvalue weighted by atomic mass is 35.5. The molecule has 1 aliphatic heterocycles. The van der Waals surface area contributed by atoms with Gasteiger partial charge in [0.25, 0.3) is 0 Å². The highest BCUT2D eigenvalue weighted by Crippen LogP contribution is 2.54. The molecule has 1 spiro atoms. The van der Waals surface area contributed by atoms with Gasteiger partial charge in [0.05, 0.1) is 34.8 Å². The molecule has 2 aromatic carbocycles. The molecule has 11 heteroatoms. The number of ether oxygens (including phenoxy) is 1. The van der Waals surface area contributed by atoms with E-state index in [1.54, 1.807) is 39.3 Å². The molecule has 0 bridgehead atoms. The molecule has 0 radical (unpaired) electrons. The van der Waals surface area contributed by atoms with E-state index in [9.17, 15) is 14.3 Å². The minimum atomic E-state index is -1.34. The first-order valence-electron chi connectivity index (χ1n) is 13.0. The minimum absolute atomic E-state index is 0.0903. The van der Waals surface area contributed by atoms with Crippen molar-refractivity contribution in [2.75, 3.05) is 41.0 Å². The van der Waals surface area contributed by atoms with E-state index in [1.807, 2.05) is 6.07 Å². The van der Waals surface area contributed by atoms with Crippen molar-refractivity contribution in [3.8, 4) is 5.75 Å². The van der Waals surface area contributed by atoms with Gasteiger partial charge in [0.1, 0.15) is 17.4 Å². The Labute approximate surface area is 237 Å². The number of hydrogen-bond acceptors (Lipinski definition) is 8. The van der Waals surface area contributed by atoms with Crippen LogP contribution in [-0.4, -0.2) is 41.2 Å². The third kappa shape index (κ3) is 5.83. The largest absolute Gasteiger partial charge is 0.494 e. The van der Waals surface area contributed by atoms with Crippen LogP contribution >= 0.6 is 11.6 Å². The van der Waals surface area contributed by atoms with Gasteiger partial charge in [-0.3, -0.25) is 4.79 Å². The quantitative estimate of drug-likeness (QED) is 0.230. The predicted octanol–water partition coefficient (Wildman–Crippen LogP) is 6.11. The monoisotopic (exact) mass is 566 g/mol. The number of hydrogen-bond donors (Lipinski definition) is 4. The van der Waals surface area contributed by atoms with Crippen LogP contribution in [-0.2, 0) is 10.4 Å².